The number of ketones is 1. The number of morpholine rings is 1. The number of carbonyl (C=O) groups is 2. The zero-order chi connectivity index (χ0) is 29.9. The second-order valence-corrected chi connectivity index (χ2v) is 10.7. The van der Waals surface area contributed by atoms with Crippen molar-refractivity contribution in [2.75, 3.05) is 39.4 Å². The van der Waals surface area contributed by atoms with E-state index in [2.05, 4.69) is 16.8 Å². The summed E-state index contributed by atoms with van der Waals surface area (Å²) >= 11 is 0. The van der Waals surface area contributed by atoms with Gasteiger partial charge in [0.1, 0.15) is 23.7 Å². The van der Waals surface area contributed by atoms with Gasteiger partial charge in [-0.2, -0.15) is 22.0 Å². The molecule has 0 radical (unpaired) electrons. The van der Waals surface area contributed by atoms with Crippen LogP contribution in [0.4, 0.5) is 26.3 Å². The van der Waals surface area contributed by atoms with Gasteiger partial charge in [-0.05, 0) is 57.9 Å². The minimum atomic E-state index is -5.78. The number of nitrogens with zero attached hydrogens (tertiary/aromatic N) is 1. The summed E-state index contributed by atoms with van der Waals surface area (Å²) in [5.41, 5.74) is -1.51. The van der Waals surface area contributed by atoms with Crippen LogP contribution in [-0.2, 0) is 14.3 Å². The van der Waals surface area contributed by atoms with E-state index < -0.39 is 53.8 Å². The lowest BCUT2D eigenvalue weighted by Crippen LogP contribution is -2.55. The quantitative estimate of drug-likeness (QED) is 0.428. The van der Waals surface area contributed by atoms with Crippen molar-refractivity contribution < 1.29 is 45.4 Å². The molecular weight excluding hydrogens is 544 g/mol. The molecular formula is C27H35F6N3O4. The molecule has 3 rings (SSSR count). The van der Waals surface area contributed by atoms with Crippen LogP contribution in [0.5, 0.6) is 5.75 Å². The fourth-order valence-electron chi connectivity index (χ4n) is 4.57. The molecule has 1 aromatic rings. The van der Waals surface area contributed by atoms with Crippen LogP contribution in [0.1, 0.15) is 45.1 Å². The molecule has 1 saturated heterocycles. The average Bonchev–Trinajstić information content (AvgIpc) is 2.88. The minimum Gasteiger partial charge on any atom is -0.488 e. The molecule has 0 bridgehead atoms. The summed E-state index contributed by atoms with van der Waals surface area (Å²) in [4.78, 5) is 28.8. The van der Waals surface area contributed by atoms with Crippen molar-refractivity contribution in [2.45, 2.75) is 63.8 Å². The Bertz CT molecular complexity index is 1090. The van der Waals surface area contributed by atoms with Gasteiger partial charge < -0.3 is 20.1 Å². The maximum Gasteiger partial charge on any atom is 0.455 e. The maximum atomic E-state index is 14.2. The number of Topliss-reactive ketones (excluding diaryl/α,β-unsaturated/α-hetero) is 1. The number of nitrogens with one attached hydrogen (secondary N) is 2. The summed E-state index contributed by atoms with van der Waals surface area (Å²) in [5, 5.41) is 4.49. The number of amides is 1. The third-order valence-corrected chi connectivity index (χ3v) is 7.43. The summed E-state index contributed by atoms with van der Waals surface area (Å²) in [6, 6.07) is 2.87. The maximum absolute atomic E-state index is 14.2. The van der Waals surface area contributed by atoms with Crippen LogP contribution in [0.25, 0.3) is 0 Å². The van der Waals surface area contributed by atoms with E-state index in [1.807, 2.05) is 5.32 Å². The molecule has 1 amide bonds. The molecule has 0 aromatic heterocycles. The van der Waals surface area contributed by atoms with Gasteiger partial charge in [-0.25, -0.2) is 4.39 Å². The Balaban J connectivity index is 1.76. The standard InChI is InChI=1S/C27H35F6N3O4/c1-16-23(35-24(38)25(3,4)17(2)34-15-26(29,30)27(31,32)33)21(37)13-18(7-8-36-9-11-39-12-10-36)20-14-19(28)5-6-22(20)40-16/h5-6,14,16,18,23,34H,2,7-13,15H2,1,3-4H3,(H,35,38)/t16-,18?,23+/m1/s1. The molecule has 2 aliphatic rings. The Hall–Kier alpha value is -2.80. The zero-order valence-corrected chi connectivity index (χ0v) is 22.7. The summed E-state index contributed by atoms with van der Waals surface area (Å²) in [5.74, 6) is -6.77. The SMILES string of the molecule is C=C(NCC(F)(F)C(F)(F)F)C(C)(C)C(=O)N[C@@H]1C(=O)CC(CCN2CCOCC2)c2cc(F)ccc2O[C@@H]1C. The van der Waals surface area contributed by atoms with E-state index in [0.717, 1.165) is 13.1 Å². The van der Waals surface area contributed by atoms with Crippen molar-refractivity contribution in [1.29, 1.82) is 0 Å². The number of rotatable bonds is 9. The Kier molecular flexibility index (Phi) is 9.82. The third kappa shape index (κ3) is 7.48. The summed E-state index contributed by atoms with van der Waals surface area (Å²) < 4.78 is 90.0. The molecule has 3 atom stereocenters. The van der Waals surface area contributed by atoms with Gasteiger partial charge in [0.05, 0.1) is 25.2 Å². The zero-order valence-electron chi connectivity index (χ0n) is 22.7. The minimum absolute atomic E-state index is 0.0309. The van der Waals surface area contributed by atoms with Gasteiger partial charge in [0.25, 0.3) is 0 Å². The van der Waals surface area contributed by atoms with Crippen LogP contribution < -0.4 is 15.4 Å². The van der Waals surface area contributed by atoms with Crippen molar-refractivity contribution >= 4 is 11.7 Å². The second kappa shape index (κ2) is 12.4. The number of hydrogen-bond donors (Lipinski definition) is 2. The van der Waals surface area contributed by atoms with Crippen LogP contribution in [0, 0.1) is 11.2 Å². The molecule has 13 heteroatoms. The molecule has 224 valence electrons. The summed E-state index contributed by atoms with van der Waals surface area (Å²) in [6.07, 6.45) is -6.19. The first-order valence-electron chi connectivity index (χ1n) is 13.0. The predicted molar refractivity (Wildman–Crippen MR) is 135 cm³/mol. The van der Waals surface area contributed by atoms with Crippen molar-refractivity contribution in [3.05, 3.63) is 41.9 Å². The first-order valence-corrected chi connectivity index (χ1v) is 13.0. The smallest absolute Gasteiger partial charge is 0.455 e. The Labute approximate surface area is 229 Å². The molecule has 0 saturated carbocycles. The predicted octanol–water partition coefficient (Wildman–Crippen LogP) is 4.18. The number of alkyl halides is 5. The number of carbonyl (C=O) groups excluding carboxylic acids is 2. The van der Waals surface area contributed by atoms with Gasteiger partial charge in [0.15, 0.2) is 5.78 Å². The highest BCUT2D eigenvalue weighted by Gasteiger charge is 2.57. The monoisotopic (exact) mass is 579 g/mol. The highest BCUT2D eigenvalue weighted by Crippen LogP contribution is 2.37. The van der Waals surface area contributed by atoms with Gasteiger partial charge in [-0.1, -0.05) is 6.58 Å². The molecule has 0 aliphatic carbocycles. The fraction of sp³-hybridized carbons (Fsp3) is 0.630. The van der Waals surface area contributed by atoms with Crippen LogP contribution in [0.3, 0.4) is 0 Å². The highest BCUT2D eigenvalue weighted by molar-refractivity contribution is 5.93. The lowest BCUT2D eigenvalue weighted by atomic mass is 9.84. The van der Waals surface area contributed by atoms with E-state index >= 15 is 0 Å². The molecule has 7 nitrogen and oxygen atoms in total. The van der Waals surface area contributed by atoms with E-state index in [1.165, 1.54) is 32.0 Å². The molecule has 1 fully saturated rings. The van der Waals surface area contributed by atoms with Gasteiger partial charge >= 0.3 is 12.1 Å². The summed E-state index contributed by atoms with van der Waals surface area (Å²) in [6.45, 7) is 9.06. The number of halogens is 6. The molecule has 2 aliphatic heterocycles. The lowest BCUT2D eigenvalue weighted by molar-refractivity contribution is -0.278. The van der Waals surface area contributed by atoms with Crippen LogP contribution >= 0.6 is 0 Å². The number of benzene rings is 1. The van der Waals surface area contributed by atoms with E-state index in [-0.39, 0.29) is 17.9 Å². The van der Waals surface area contributed by atoms with Crippen molar-refractivity contribution in [3.8, 4) is 5.75 Å². The largest absolute Gasteiger partial charge is 0.488 e. The van der Waals surface area contributed by atoms with E-state index in [1.54, 1.807) is 6.92 Å². The Morgan fingerprint density at radius 2 is 1.80 bits per heavy atom. The van der Waals surface area contributed by atoms with E-state index in [0.29, 0.717) is 37.5 Å². The fourth-order valence-corrected chi connectivity index (χ4v) is 4.57. The van der Waals surface area contributed by atoms with Crippen LogP contribution in [0.2, 0.25) is 0 Å². The van der Waals surface area contributed by atoms with Gasteiger partial charge in [0.2, 0.25) is 5.91 Å². The summed E-state index contributed by atoms with van der Waals surface area (Å²) in [7, 11) is 0. The number of fused-ring (bicyclic) bond motifs is 1. The number of ether oxygens (including phenoxy) is 2. The Morgan fingerprint density at radius 1 is 1.15 bits per heavy atom. The van der Waals surface area contributed by atoms with Crippen LogP contribution in [-0.4, -0.2) is 80.2 Å². The Morgan fingerprint density at radius 3 is 2.42 bits per heavy atom. The first-order chi connectivity index (χ1) is 18.5. The van der Waals surface area contributed by atoms with Gasteiger partial charge in [-0.3, -0.25) is 14.5 Å². The molecule has 1 unspecified atom stereocenters. The van der Waals surface area contributed by atoms with E-state index in [9.17, 15) is 35.9 Å². The van der Waals surface area contributed by atoms with Gasteiger partial charge in [0, 0.05) is 30.8 Å². The topological polar surface area (TPSA) is 79.9 Å². The van der Waals surface area contributed by atoms with Crippen molar-refractivity contribution in [2.24, 2.45) is 5.41 Å². The number of hydrogen-bond acceptors (Lipinski definition) is 6. The third-order valence-electron chi connectivity index (χ3n) is 7.43. The molecule has 2 N–H and O–H groups in total. The van der Waals surface area contributed by atoms with Crippen LogP contribution in [0.15, 0.2) is 30.5 Å². The van der Waals surface area contributed by atoms with E-state index in [4.69, 9.17) is 9.47 Å². The molecule has 0 spiro atoms. The molecule has 2 heterocycles. The molecule has 40 heavy (non-hydrogen) atoms. The highest BCUT2D eigenvalue weighted by atomic mass is 19.4. The van der Waals surface area contributed by atoms with Crippen molar-refractivity contribution in [1.82, 2.24) is 15.5 Å². The van der Waals surface area contributed by atoms with Crippen molar-refractivity contribution in [3.63, 3.8) is 0 Å². The van der Waals surface area contributed by atoms with Gasteiger partial charge in [-0.15, -0.1) is 0 Å². The normalized spacial score (nSPS) is 22.9. The lowest BCUT2D eigenvalue weighted by Gasteiger charge is -2.35. The molecule has 1 aromatic carbocycles. The second-order valence-electron chi connectivity index (χ2n) is 10.7. The first kappa shape index (κ1) is 31.7. The average molecular weight is 580 g/mol.